The molecule has 10 heteroatoms. The Hall–Kier alpha value is -2.56. The van der Waals surface area contributed by atoms with Gasteiger partial charge in [-0.2, -0.15) is 0 Å². The Morgan fingerprint density at radius 3 is 2.78 bits per heavy atom. The van der Waals surface area contributed by atoms with Crippen molar-refractivity contribution < 1.29 is 27.1 Å². The summed E-state index contributed by atoms with van der Waals surface area (Å²) in [7, 11) is -2.47. The summed E-state index contributed by atoms with van der Waals surface area (Å²) in [4.78, 5) is 16.2. The third-order valence-electron chi connectivity index (χ3n) is 3.95. The Morgan fingerprint density at radius 1 is 1.33 bits per heavy atom. The Morgan fingerprint density at radius 2 is 2.15 bits per heavy atom. The molecule has 144 valence electrons. The maximum Gasteiger partial charge on any atom is 0.260 e. The highest BCUT2D eigenvalue weighted by Crippen LogP contribution is 2.24. The van der Waals surface area contributed by atoms with Crippen molar-refractivity contribution in [1.82, 2.24) is 9.71 Å². The highest BCUT2D eigenvalue weighted by molar-refractivity contribution is 7.89. The summed E-state index contributed by atoms with van der Waals surface area (Å²) in [5.74, 6) is -0.858. The van der Waals surface area contributed by atoms with E-state index in [9.17, 15) is 17.6 Å². The predicted octanol–water partition coefficient (Wildman–Crippen LogP) is 1.55. The number of halogens is 1. The lowest BCUT2D eigenvalue weighted by Crippen LogP contribution is -2.35. The molecule has 1 saturated heterocycles. The van der Waals surface area contributed by atoms with Crippen molar-refractivity contribution in [2.45, 2.75) is 17.4 Å². The van der Waals surface area contributed by atoms with Gasteiger partial charge in [0.1, 0.15) is 17.4 Å². The van der Waals surface area contributed by atoms with Gasteiger partial charge in [-0.05, 0) is 36.8 Å². The number of aromatic nitrogens is 1. The summed E-state index contributed by atoms with van der Waals surface area (Å²) in [5, 5.41) is 2.48. The van der Waals surface area contributed by atoms with E-state index in [-0.39, 0.29) is 28.1 Å². The van der Waals surface area contributed by atoms with Crippen LogP contribution in [0.2, 0.25) is 0 Å². The van der Waals surface area contributed by atoms with Gasteiger partial charge >= 0.3 is 0 Å². The van der Waals surface area contributed by atoms with Crippen LogP contribution in [-0.2, 0) is 14.8 Å². The number of benzene rings is 1. The molecule has 1 aliphatic rings. The van der Waals surface area contributed by atoms with Gasteiger partial charge < -0.3 is 14.8 Å². The molecule has 1 fully saturated rings. The number of nitrogens with one attached hydrogen (secondary N) is 2. The number of hydrogen-bond donors (Lipinski definition) is 2. The molecule has 8 nitrogen and oxygen atoms in total. The minimum atomic E-state index is -3.83. The van der Waals surface area contributed by atoms with Crippen LogP contribution in [0.15, 0.2) is 41.4 Å². The van der Waals surface area contributed by atoms with Gasteiger partial charge in [-0.25, -0.2) is 22.5 Å². The van der Waals surface area contributed by atoms with Gasteiger partial charge in [0.2, 0.25) is 10.0 Å². The molecule has 0 radical (unpaired) electrons. The quantitative estimate of drug-likeness (QED) is 0.769. The van der Waals surface area contributed by atoms with Gasteiger partial charge in [0.05, 0.1) is 30.4 Å². The Bertz CT molecular complexity index is 928. The van der Waals surface area contributed by atoms with Crippen LogP contribution in [-0.4, -0.2) is 45.7 Å². The van der Waals surface area contributed by atoms with Crippen molar-refractivity contribution in [1.29, 1.82) is 0 Å². The zero-order chi connectivity index (χ0) is 19.4. The van der Waals surface area contributed by atoms with E-state index in [1.807, 2.05) is 0 Å². The second-order valence-electron chi connectivity index (χ2n) is 5.86. The number of hydrogen-bond acceptors (Lipinski definition) is 6. The largest absolute Gasteiger partial charge is 0.496 e. The van der Waals surface area contributed by atoms with E-state index < -0.39 is 21.7 Å². The number of ether oxygens (including phenoxy) is 2. The molecular formula is C17H18FN3O5S. The lowest BCUT2D eigenvalue weighted by molar-refractivity contribution is 0.102. The third-order valence-corrected chi connectivity index (χ3v) is 5.46. The third kappa shape index (κ3) is 4.59. The van der Waals surface area contributed by atoms with Gasteiger partial charge in [-0.3, -0.25) is 4.79 Å². The normalized spacial score (nSPS) is 16.9. The summed E-state index contributed by atoms with van der Waals surface area (Å²) in [6.45, 7) is 0.799. The predicted molar refractivity (Wildman–Crippen MR) is 94.7 cm³/mol. The van der Waals surface area contributed by atoms with E-state index in [4.69, 9.17) is 9.47 Å². The first-order chi connectivity index (χ1) is 12.9. The van der Waals surface area contributed by atoms with Crippen molar-refractivity contribution in [2.24, 2.45) is 0 Å². The lowest BCUT2D eigenvalue weighted by Gasteiger charge is -2.14. The molecule has 1 amide bonds. The molecule has 0 bridgehead atoms. The Kier molecular flexibility index (Phi) is 5.68. The zero-order valence-corrected chi connectivity index (χ0v) is 15.3. The van der Waals surface area contributed by atoms with Gasteiger partial charge in [0.25, 0.3) is 5.91 Å². The molecule has 0 unspecified atom stereocenters. The van der Waals surface area contributed by atoms with Crippen LogP contribution in [0.25, 0.3) is 0 Å². The summed E-state index contributed by atoms with van der Waals surface area (Å²) in [6, 6.07) is 6.10. The number of carbonyl (C=O) groups excluding carboxylic acids is 1. The molecule has 0 spiro atoms. The molecule has 3 rings (SSSR count). The molecule has 2 heterocycles. The molecule has 1 atom stereocenters. The SMILES string of the molecule is COc1ccc(S(=O)(=O)N[C@H]2CCOC2)cc1C(=O)Nc1ccc(F)cn1. The second-order valence-corrected chi connectivity index (χ2v) is 7.57. The minimum Gasteiger partial charge on any atom is -0.496 e. The van der Waals surface area contributed by atoms with Crippen LogP contribution in [0.5, 0.6) is 5.75 Å². The zero-order valence-electron chi connectivity index (χ0n) is 14.4. The monoisotopic (exact) mass is 395 g/mol. The molecule has 1 aliphatic heterocycles. The maximum atomic E-state index is 12.9. The molecule has 27 heavy (non-hydrogen) atoms. The van der Waals surface area contributed by atoms with Crippen LogP contribution < -0.4 is 14.8 Å². The number of amides is 1. The summed E-state index contributed by atoms with van der Waals surface area (Å²) in [6.07, 6.45) is 1.54. The van der Waals surface area contributed by atoms with Crippen LogP contribution in [0.4, 0.5) is 10.2 Å². The molecule has 0 aliphatic carbocycles. The molecule has 2 N–H and O–H groups in total. The van der Waals surface area contributed by atoms with Crippen LogP contribution in [0.3, 0.4) is 0 Å². The van der Waals surface area contributed by atoms with Crippen molar-refractivity contribution >= 4 is 21.7 Å². The smallest absolute Gasteiger partial charge is 0.260 e. The summed E-state index contributed by atoms with van der Waals surface area (Å²) in [5.41, 5.74) is 0.00849. The van der Waals surface area contributed by atoms with Crippen LogP contribution in [0, 0.1) is 5.82 Å². The first-order valence-electron chi connectivity index (χ1n) is 8.10. The number of methoxy groups -OCH3 is 1. The minimum absolute atomic E-state index is 0.00849. The van der Waals surface area contributed by atoms with E-state index in [0.717, 1.165) is 12.3 Å². The fourth-order valence-electron chi connectivity index (χ4n) is 2.58. The number of carbonyl (C=O) groups is 1. The first-order valence-corrected chi connectivity index (χ1v) is 9.58. The fourth-order valence-corrected chi connectivity index (χ4v) is 3.86. The van der Waals surface area contributed by atoms with Crippen LogP contribution >= 0.6 is 0 Å². The standard InChI is InChI=1S/C17H18FN3O5S/c1-25-15-4-3-13(27(23,24)21-12-6-7-26-10-12)8-14(15)17(22)20-16-5-2-11(18)9-19-16/h2-5,8-9,12,21H,6-7,10H2,1H3,(H,19,20,22)/t12-/m0/s1. The fraction of sp³-hybridized carbons (Fsp3) is 0.294. The van der Waals surface area contributed by atoms with Crippen molar-refractivity contribution in [2.75, 3.05) is 25.6 Å². The van der Waals surface area contributed by atoms with Crippen molar-refractivity contribution in [3.8, 4) is 5.75 Å². The van der Waals surface area contributed by atoms with Gasteiger partial charge in [0, 0.05) is 12.6 Å². The summed E-state index contributed by atoms with van der Waals surface area (Å²) < 4.78 is 50.9. The van der Waals surface area contributed by atoms with Gasteiger partial charge in [-0.1, -0.05) is 0 Å². The highest BCUT2D eigenvalue weighted by Gasteiger charge is 2.25. The Labute approximate surface area is 155 Å². The maximum absolute atomic E-state index is 12.9. The second kappa shape index (κ2) is 7.99. The van der Waals surface area contributed by atoms with E-state index in [1.54, 1.807) is 0 Å². The number of anilines is 1. The molecule has 0 saturated carbocycles. The lowest BCUT2D eigenvalue weighted by atomic mass is 10.2. The topological polar surface area (TPSA) is 107 Å². The van der Waals surface area contributed by atoms with E-state index >= 15 is 0 Å². The molecule has 1 aromatic carbocycles. The van der Waals surface area contributed by atoms with E-state index in [0.29, 0.717) is 19.6 Å². The number of nitrogens with zero attached hydrogens (tertiary/aromatic N) is 1. The number of pyridine rings is 1. The first kappa shape index (κ1) is 19.2. The van der Waals surface area contributed by atoms with E-state index in [2.05, 4.69) is 15.0 Å². The molecule has 1 aromatic heterocycles. The van der Waals surface area contributed by atoms with Gasteiger partial charge in [-0.15, -0.1) is 0 Å². The van der Waals surface area contributed by atoms with Gasteiger partial charge in [0.15, 0.2) is 0 Å². The summed E-state index contributed by atoms with van der Waals surface area (Å²) >= 11 is 0. The average Bonchev–Trinajstić information content (AvgIpc) is 3.15. The molecular weight excluding hydrogens is 377 g/mol. The number of sulfonamides is 1. The van der Waals surface area contributed by atoms with E-state index in [1.165, 1.54) is 31.4 Å². The van der Waals surface area contributed by atoms with Crippen molar-refractivity contribution in [3.05, 3.63) is 47.9 Å². The highest BCUT2D eigenvalue weighted by atomic mass is 32.2. The number of rotatable bonds is 6. The van der Waals surface area contributed by atoms with Crippen LogP contribution in [0.1, 0.15) is 16.8 Å². The molecule has 2 aromatic rings. The Balaban J connectivity index is 1.86. The average molecular weight is 395 g/mol. The van der Waals surface area contributed by atoms with Crippen molar-refractivity contribution in [3.63, 3.8) is 0 Å².